The van der Waals surface area contributed by atoms with Gasteiger partial charge in [0.05, 0.1) is 0 Å². The summed E-state index contributed by atoms with van der Waals surface area (Å²) in [5, 5.41) is 22.2. The van der Waals surface area contributed by atoms with Gasteiger partial charge in [-0.05, 0) is 0 Å². The zero-order valence-corrected chi connectivity index (χ0v) is 11.4. The van der Waals surface area contributed by atoms with Crippen LogP contribution in [0.2, 0.25) is 0 Å². The molecule has 0 aliphatic carbocycles. The molecule has 0 aromatic heterocycles. The number of rotatable bonds is 0. The summed E-state index contributed by atoms with van der Waals surface area (Å²) in [6.45, 7) is 3.25. The van der Waals surface area contributed by atoms with Gasteiger partial charge in [0.2, 0.25) is 0 Å². The fourth-order valence-corrected chi connectivity index (χ4v) is 0. The quantitative estimate of drug-likeness (QED) is 0.372. The number of carbonyl (C=O) groups is 3. The largest absolute Gasteiger partial charge is 0.481 e. The Labute approximate surface area is 128 Å². The monoisotopic (exact) mass is 416 g/mol. The third kappa shape index (κ3) is 12500. The molecule has 0 bridgehead atoms. The average molecular weight is 415 g/mol. The van der Waals surface area contributed by atoms with E-state index in [1.54, 1.807) is 0 Å². The van der Waals surface area contributed by atoms with Crippen LogP contribution in [-0.2, 0) is 14.4 Å². The van der Waals surface area contributed by atoms with Crippen molar-refractivity contribution < 1.29 is 89.8 Å². The Balaban J connectivity index is -0.0000000104. The van der Waals surface area contributed by atoms with Crippen molar-refractivity contribution in [1.82, 2.24) is 0 Å². The molecule has 0 aliphatic heterocycles. The first-order chi connectivity index (χ1) is 5.20. The molecular weight excluding hydrogens is 395 g/mol. The summed E-state index contributed by atoms with van der Waals surface area (Å²) in [4.78, 5) is 27.0. The smallest absolute Gasteiger partial charge is 0.300 e. The molecule has 11 heteroatoms. The summed E-state index contributed by atoms with van der Waals surface area (Å²) >= 11 is 0. The summed E-state index contributed by atoms with van der Waals surface area (Å²) in [5.41, 5.74) is 0. The molecule has 0 unspecified atom stereocenters. The Morgan fingerprint density at radius 1 is 0.588 bits per heavy atom. The van der Waals surface area contributed by atoms with E-state index in [4.69, 9.17) is 29.7 Å². The molecule has 0 heterocycles. The van der Waals surface area contributed by atoms with E-state index < -0.39 is 17.9 Å². The SMILES string of the molecule is CC(=O)O.CC(=O)O.CC(=O)O.O.O.O.O.[Dy]. The number of carboxylic acid groups (broad SMARTS) is 3. The van der Waals surface area contributed by atoms with Crippen molar-refractivity contribution in [2.24, 2.45) is 0 Å². The molecule has 17 heavy (non-hydrogen) atoms. The van der Waals surface area contributed by atoms with Crippen molar-refractivity contribution in [3.8, 4) is 0 Å². The molecule has 0 rings (SSSR count). The van der Waals surface area contributed by atoms with E-state index in [0.717, 1.165) is 20.8 Å². The van der Waals surface area contributed by atoms with E-state index in [1.807, 2.05) is 0 Å². The van der Waals surface area contributed by atoms with E-state index in [1.165, 1.54) is 0 Å². The van der Waals surface area contributed by atoms with Crippen LogP contribution in [0.1, 0.15) is 20.8 Å². The van der Waals surface area contributed by atoms with Crippen molar-refractivity contribution >= 4 is 17.9 Å². The molecule has 0 spiro atoms. The van der Waals surface area contributed by atoms with Crippen molar-refractivity contribution in [3.63, 3.8) is 0 Å². The van der Waals surface area contributed by atoms with Gasteiger partial charge in [-0.3, -0.25) is 14.4 Å². The van der Waals surface area contributed by atoms with E-state index in [2.05, 4.69) is 0 Å². The standard InChI is InChI=1S/3C2H4O2.Dy.4H2O/c3*1-2(3)4;;;;;/h3*1H3,(H,3,4);;4*1H2. The predicted molar refractivity (Wildman–Crippen MR) is 54.4 cm³/mol. The molecule has 0 aromatic carbocycles. The molecule has 11 N–H and O–H groups in total. The van der Waals surface area contributed by atoms with Crippen LogP contribution >= 0.6 is 0 Å². The van der Waals surface area contributed by atoms with Crippen LogP contribution in [0.4, 0.5) is 0 Å². The van der Waals surface area contributed by atoms with Gasteiger partial charge in [-0.15, -0.1) is 0 Å². The number of hydrogen-bond donors (Lipinski definition) is 3. The average Bonchev–Trinajstić information content (AvgIpc) is 1.54. The van der Waals surface area contributed by atoms with Gasteiger partial charge < -0.3 is 37.2 Å². The van der Waals surface area contributed by atoms with Crippen molar-refractivity contribution in [2.45, 2.75) is 20.8 Å². The summed E-state index contributed by atoms with van der Waals surface area (Å²) < 4.78 is 0. The Bertz CT molecular complexity index is 118. The van der Waals surface area contributed by atoms with E-state index in [0.29, 0.717) is 0 Å². The first kappa shape index (κ1) is 54.8. The zero-order valence-electron chi connectivity index (χ0n) is 9.38. The van der Waals surface area contributed by atoms with Gasteiger partial charge in [0, 0.05) is 58.9 Å². The second kappa shape index (κ2) is 45.1. The minimum atomic E-state index is -0.833. The third-order valence-electron chi connectivity index (χ3n) is 0. The Morgan fingerprint density at radius 2 is 0.588 bits per heavy atom. The Morgan fingerprint density at radius 3 is 0.588 bits per heavy atom. The van der Waals surface area contributed by atoms with E-state index >= 15 is 0 Å². The summed E-state index contributed by atoms with van der Waals surface area (Å²) in [5.74, 6) is -2.50. The van der Waals surface area contributed by atoms with Crippen LogP contribution in [-0.4, -0.2) is 55.1 Å². The normalized spacial score (nSPS) is 4.41. The van der Waals surface area contributed by atoms with Crippen molar-refractivity contribution in [1.29, 1.82) is 0 Å². The van der Waals surface area contributed by atoms with Crippen molar-refractivity contribution in [2.75, 3.05) is 0 Å². The molecule has 0 fully saturated rings. The molecule has 10 nitrogen and oxygen atoms in total. The van der Waals surface area contributed by atoms with Gasteiger partial charge in [0.15, 0.2) is 0 Å². The molecule has 0 radical (unpaired) electrons. The molecule has 0 aliphatic rings. The number of aliphatic carboxylic acids is 3. The number of carboxylic acids is 3. The summed E-state index contributed by atoms with van der Waals surface area (Å²) in [6.07, 6.45) is 0. The van der Waals surface area contributed by atoms with Crippen LogP contribution in [0.15, 0.2) is 0 Å². The van der Waals surface area contributed by atoms with Gasteiger partial charge >= 0.3 is 0 Å². The maximum Gasteiger partial charge on any atom is 0.300 e. The molecule has 0 saturated heterocycles. The molecule has 0 amide bonds. The van der Waals surface area contributed by atoms with E-state index in [-0.39, 0.29) is 60.1 Å². The van der Waals surface area contributed by atoms with Gasteiger partial charge in [0.25, 0.3) is 17.9 Å². The zero-order chi connectivity index (χ0) is 10.7. The molecule has 0 aromatic rings. The Kier molecular flexibility index (Phi) is 145. The fraction of sp³-hybridized carbons (Fsp3) is 0.500. The molecule has 0 saturated carbocycles. The van der Waals surface area contributed by atoms with Gasteiger partial charge in [-0.1, -0.05) is 0 Å². The summed E-state index contributed by atoms with van der Waals surface area (Å²) in [6, 6.07) is 0. The van der Waals surface area contributed by atoms with Crippen molar-refractivity contribution in [3.05, 3.63) is 0 Å². The minimum absolute atomic E-state index is 0. The maximum absolute atomic E-state index is 9.00. The fourth-order valence-electron chi connectivity index (χ4n) is 0. The molecule has 114 valence electrons. The summed E-state index contributed by atoms with van der Waals surface area (Å²) in [7, 11) is 0. The van der Waals surface area contributed by atoms with Gasteiger partial charge in [0.1, 0.15) is 0 Å². The van der Waals surface area contributed by atoms with Crippen LogP contribution in [0.25, 0.3) is 0 Å². The van der Waals surface area contributed by atoms with Crippen LogP contribution in [0.5, 0.6) is 0 Å². The first-order valence-electron chi connectivity index (χ1n) is 2.78. The first-order valence-corrected chi connectivity index (χ1v) is 2.78. The second-order valence-corrected chi connectivity index (χ2v) is 1.56. The maximum atomic E-state index is 9.00. The van der Waals surface area contributed by atoms with E-state index in [9.17, 15) is 0 Å². The third-order valence-corrected chi connectivity index (χ3v) is 0. The minimum Gasteiger partial charge on any atom is -0.481 e. The topological polar surface area (TPSA) is 238 Å². The number of hydrogen-bond acceptors (Lipinski definition) is 3. The van der Waals surface area contributed by atoms with Crippen LogP contribution < -0.4 is 0 Å². The molecular formula is C6H20DyO10. The van der Waals surface area contributed by atoms with Gasteiger partial charge in [-0.25, -0.2) is 0 Å². The van der Waals surface area contributed by atoms with Crippen LogP contribution in [0.3, 0.4) is 0 Å². The predicted octanol–water partition coefficient (Wildman–Crippen LogP) is -3.03. The van der Waals surface area contributed by atoms with Crippen LogP contribution in [0, 0.1) is 38.2 Å². The Hall–Kier alpha value is -0.477. The second-order valence-electron chi connectivity index (χ2n) is 1.56. The van der Waals surface area contributed by atoms with Gasteiger partial charge in [-0.2, -0.15) is 0 Å². The molecule has 0 atom stereocenters.